The van der Waals surface area contributed by atoms with Crippen LogP contribution >= 0.6 is 0 Å². The van der Waals surface area contributed by atoms with Crippen LogP contribution in [0.2, 0.25) is 0 Å². The first-order valence-corrected chi connectivity index (χ1v) is 7.37. The summed E-state index contributed by atoms with van der Waals surface area (Å²) in [6.45, 7) is 12.7. The summed E-state index contributed by atoms with van der Waals surface area (Å²) in [6.07, 6.45) is 3.12. The third-order valence-corrected chi connectivity index (χ3v) is 3.56. The van der Waals surface area contributed by atoms with Crippen LogP contribution in [0.5, 0.6) is 0 Å². The van der Waals surface area contributed by atoms with Gasteiger partial charge in [0.25, 0.3) is 0 Å². The number of aromatic nitrogens is 1. The average molecular weight is 264 g/mol. The maximum Gasteiger partial charge on any atom is 0.0552 e. The Morgan fingerprint density at radius 3 is 2.26 bits per heavy atom. The van der Waals surface area contributed by atoms with Gasteiger partial charge in [0.15, 0.2) is 0 Å². The van der Waals surface area contributed by atoms with Crippen LogP contribution in [0, 0.1) is 0 Å². The second-order valence-electron chi connectivity index (χ2n) is 4.67. The molecule has 0 unspecified atom stereocenters. The largest absolute Gasteiger partial charge is 0.371 e. The van der Waals surface area contributed by atoms with Crippen LogP contribution in [0.15, 0.2) is 18.3 Å². The van der Waals surface area contributed by atoms with Crippen molar-refractivity contribution in [3.8, 4) is 0 Å². The smallest absolute Gasteiger partial charge is 0.0552 e. The first-order valence-electron chi connectivity index (χ1n) is 7.37. The van der Waals surface area contributed by atoms with E-state index in [2.05, 4.69) is 41.6 Å². The lowest BCUT2D eigenvalue weighted by atomic mass is 10.2. The second-order valence-corrected chi connectivity index (χ2v) is 4.67. The summed E-state index contributed by atoms with van der Waals surface area (Å²) < 4.78 is 0. The van der Waals surface area contributed by atoms with Gasteiger partial charge in [0, 0.05) is 19.6 Å². The van der Waals surface area contributed by atoms with Gasteiger partial charge in [-0.05, 0) is 45.1 Å². The molecule has 0 fully saturated rings. The highest BCUT2D eigenvalue weighted by atomic mass is 15.1. The van der Waals surface area contributed by atoms with E-state index in [-0.39, 0.29) is 0 Å². The molecule has 1 heterocycles. The number of hydrogen-bond donors (Lipinski definition) is 1. The van der Waals surface area contributed by atoms with Crippen LogP contribution in [0.1, 0.15) is 32.9 Å². The zero-order valence-corrected chi connectivity index (χ0v) is 12.6. The summed E-state index contributed by atoms with van der Waals surface area (Å²) in [5.41, 5.74) is 7.71. The van der Waals surface area contributed by atoms with Crippen molar-refractivity contribution in [2.24, 2.45) is 5.73 Å². The van der Waals surface area contributed by atoms with Gasteiger partial charge in [-0.15, -0.1) is 0 Å². The molecule has 1 aromatic rings. The van der Waals surface area contributed by atoms with Gasteiger partial charge in [0.1, 0.15) is 0 Å². The fourth-order valence-corrected chi connectivity index (χ4v) is 2.22. The number of nitrogens with two attached hydrogens (primary N) is 1. The fourth-order valence-electron chi connectivity index (χ4n) is 2.22. The summed E-state index contributed by atoms with van der Waals surface area (Å²) in [7, 11) is 0. The summed E-state index contributed by atoms with van der Waals surface area (Å²) in [5.74, 6) is 0. The van der Waals surface area contributed by atoms with E-state index in [1.165, 1.54) is 12.1 Å². The van der Waals surface area contributed by atoms with Crippen LogP contribution in [0.4, 0.5) is 5.69 Å². The predicted octanol–water partition coefficient (Wildman–Crippen LogP) is 2.10. The minimum absolute atomic E-state index is 0.508. The van der Waals surface area contributed by atoms with Gasteiger partial charge in [0.05, 0.1) is 17.6 Å². The third-order valence-electron chi connectivity index (χ3n) is 3.56. The molecule has 0 aliphatic heterocycles. The predicted molar refractivity (Wildman–Crippen MR) is 82.4 cm³/mol. The Kier molecular flexibility index (Phi) is 7.45. The highest BCUT2D eigenvalue weighted by Crippen LogP contribution is 2.13. The van der Waals surface area contributed by atoms with Gasteiger partial charge in [-0.3, -0.25) is 4.98 Å². The molecule has 0 amide bonds. The van der Waals surface area contributed by atoms with Crippen molar-refractivity contribution in [1.29, 1.82) is 0 Å². The van der Waals surface area contributed by atoms with E-state index in [9.17, 15) is 0 Å². The van der Waals surface area contributed by atoms with Crippen LogP contribution in [0.25, 0.3) is 0 Å². The number of pyridine rings is 1. The number of rotatable bonds is 9. The molecule has 19 heavy (non-hydrogen) atoms. The molecule has 0 atom stereocenters. The molecule has 0 aliphatic carbocycles. The van der Waals surface area contributed by atoms with Crippen molar-refractivity contribution in [3.63, 3.8) is 0 Å². The zero-order chi connectivity index (χ0) is 14.1. The molecule has 4 heteroatoms. The maximum atomic E-state index is 5.57. The SMILES string of the molecule is CCN(CC)CCCN(CC)c1ccc(CN)nc1. The minimum Gasteiger partial charge on any atom is -0.371 e. The van der Waals surface area contributed by atoms with Gasteiger partial charge in [-0.2, -0.15) is 0 Å². The Balaban J connectivity index is 2.48. The van der Waals surface area contributed by atoms with Gasteiger partial charge in [0.2, 0.25) is 0 Å². The zero-order valence-electron chi connectivity index (χ0n) is 12.6. The molecule has 0 radical (unpaired) electrons. The first kappa shape index (κ1) is 15.9. The first-order chi connectivity index (χ1) is 9.24. The van der Waals surface area contributed by atoms with E-state index in [4.69, 9.17) is 5.73 Å². The van der Waals surface area contributed by atoms with E-state index in [1.807, 2.05) is 12.3 Å². The lowest BCUT2D eigenvalue weighted by molar-refractivity contribution is 0.301. The molecule has 4 nitrogen and oxygen atoms in total. The quantitative estimate of drug-likeness (QED) is 0.742. The average Bonchev–Trinajstić information content (AvgIpc) is 2.48. The topological polar surface area (TPSA) is 45.4 Å². The van der Waals surface area contributed by atoms with E-state index < -0.39 is 0 Å². The fraction of sp³-hybridized carbons (Fsp3) is 0.667. The normalized spacial score (nSPS) is 11.0. The maximum absolute atomic E-state index is 5.57. The van der Waals surface area contributed by atoms with Crippen molar-refractivity contribution in [2.75, 3.05) is 37.6 Å². The molecule has 0 aliphatic rings. The summed E-state index contributed by atoms with van der Waals surface area (Å²) in [5, 5.41) is 0. The monoisotopic (exact) mass is 264 g/mol. The third kappa shape index (κ3) is 5.17. The Labute approximate surface area is 117 Å². The Morgan fingerprint density at radius 2 is 1.79 bits per heavy atom. The molecule has 0 saturated carbocycles. The molecule has 0 bridgehead atoms. The lowest BCUT2D eigenvalue weighted by Gasteiger charge is -2.25. The standard InChI is InChI=1S/C15H28N4/c1-4-18(5-2)10-7-11-19(6-3)15-9-8-14(12-16)17-13-15/h8-9,13H,4-7,10-12,16H2,1-3H3. The Morgan fingerprint density at radius 1 is 1.05 bits per heavy atom. The van der Waals surface area contributed by atoms with Crippen LogP contribution in [-0.4, -0.2) is 42.6 Å². The number of nitrogens with zero attached hydrogens (tertiary/aromatic N) is 3. The van der Waals surface area contributed by atoms with Crippen molar-refractivity contribution in [2.45, 2.75) is 33.7 Å². The van der Waals surface area contributed by atoms with Gasteiger partial charge < -0.3 is 15.5 Å². The van der Waals surface area contributed by atoms with Crippen LogP contribution in [-0.2, 0) is 6.54 Å². The molecule has 108 valence electrons. The number of anilines is 1. The Hall–Kier alpha value is -1.13. The Bertz CT molecular complexity index is 333. The van der Waals surface area contributed by atoms with Gasteiger partial charge in [-0.25, -0.2) is 0 Å². The summed E-state index contributed by atoms with van der Waals surface area (Å²) in [4.78, 5) is 9.20. The van der Waals surface area contributed by atoms with Crippen molar-refractivity contribution in [1.82, 2.24) is 9.88 Å². The highest BCUT2D eigenvalue weighted by molar-refractivity contribution is 5.44. The molecule has 1 rings (SSSR count). The van der Waals surface area contributed by atoms with E-state index in [0.29, 0.717) is 6.54 Å². The molecule has 0 saturated heterocycles. The summed E-state index contributed by atoms with van der Waals surface area (Å²) in [6, 6.07) is 4.14. The molecule has 0 aromatic carbocycles. The molecule has 1 aromatic heterocycles. The van der Waals surface area contributed by atoms with Gasteiger partial charge >= 0.3 is 0 Å². The molecule has 0 spiro atoms. The second kappa shape index (κ2) is 8.88. The highest BCUT2D eigenvalue weighted by Gasteiger charge is 2.06. The van der Waals surface area contributed by atoms with Gasteiger partial charge in [-0.1, -0.05) is 13.8 Å². The van der Waals surface area contributed by atoms with E-state index in [1.54, 1.807) is 0 Å². The molecular weight excluding hydrogens is 236 g/mol. The number of hydrogen-bond acceptors (Lipinski definition) is 4. The van der Waals surface area contributed by atoms with E-state index in [0.717, 1.165) is 38.4 Å². The van der Waals surface area contributed by atoms with Crippen molar-refractivity contribution < 1.29 is 0 Å². The van der Waals surface area contributed by atoms with Crippen molar-refractivity contribution >= 4 is 5.69 Å². The molecular formula is C15H28N4. The minimum atomic E-state index is 0.508. The van der Waals surface area contributed by atoms with E-state index >= 15 is 0 Å². The van der Waals surface area contributed by atoms with Crippen LogP contribution < -0.4 is 10.6 Å². The summed E-state index contributed by atoms with van der Waals surface area (Å²) >= 11 is 0. The van der Waals surface area contributed by atoms with Crippen LogP contribution in [0.3, 0.4) is 0 Å². The lowest BCUT2D eigenvalue weighted by Crippen LogP contribution is -2.30. The molecule has 2 N–H and O–H groups in total. The van der Waals surface area contributed by atoms with Crippen molar-refractivity contribution in [3.05, 3.63) is 24.0 Å².